The number of rotatable bonds is 6. The van der Waals surface area contributed by atoms with Gasteiger partial charge in [-0.25, -0.2) is 4.79 Å². The Morgan fingerprint density at radius 3 is 2.75 bits per heavy atom. The van der Waals surface area contributed by atoms with Crippen LogP contribution in [0.3, 0.4) is 0 Å². The van der Waals surface area contributed by atoms with E-state index >= 15 is 0 Å². The molecule has 0 aliphatic rings. The minimum atomic E-state index is -0.339. The lowest BCUT2D eigenvalue weighted by molar-refractivity contribution is 0.0495. The van der Waals surface area contributed by atoms with Crippen molar-refractivity contribution in [2.75, 3.05) is 12.3 Å². The minimum absolute atomic E-state index is 0.311. The summed E-state index contributed by atoms with van der Waals surface area (Å²) in [5.74, 6) is -0.339. The van der Waals surface area contributed by atoms with E-state index in [1.54, 1.807) is 18.2 Å². The Kier molecular flexibility index (Phi) is 5.57. The van der Waals surface area contributed by atoms with E-state index in [0.717, 1.165) is 24.8 Å². The molecule has 108 valence electrons. The largest absolute Gasteiger partial charge is 0.462 e. The zero-order chi connectivity index (χ0) is 15.2. The third kappa shape index (κ3) is 4.93. The number of aryl methyl sites for hydroxylation is 1. The molecule has 0 radical (unpaired) electrons. The van der Waals surface area contributed by atoms with Gasteiger partial charge in [0.2, 0.25) is 0 Å². The fourth-order valence-corrected chi connectivity index (χ4v) is 1.83. The number of unbranched alkanes of at least 4 members (excludes halogenated alkanes) is 1. The molecule has 1 rings (SSSR count). The Balaban J connectivity index is 2.38. The van der Waals surface area contributed by atoms with E-state index in [1.165, 1.54) is 0 Å². The van der Waals surface area contributed by atoms with E-state index in [2.05, 4.69) is 6.07 Å². The number of carbonyl (C=O) groups excluding carboxylic acids is 1. The van der Waals surface area contributed by atoms with E-state index < -0.39 is 0 Å². The average Bonchev–Trinajstić information content (AvgIpc) is 2.40. The lowest BCUT2D eigenvalue weighted by atomic mass is 9.89. The first-order valence-corrected chi connectivity index (χ1v) is 6.80. The molecule has 0 aliphatic carbocycles. The summed E-state index contributed by atoms with van der Waals surface area (Å²) in [7, 11) is 0. The van der Waals surface area contributed by atoms with Gasteiger partial charge < -0.3 is 10.5 Å². The van der Waals surface area contributed by atoms with E-state index in [4.69, 9.17) is 15.7 Å². The topological polar surface area (TPSA) is 76.1 Å². The van der Waals surface area contributed by atoms with Crippen molar-refractivity contribution in [1.29, 1.82) is 5.26 Å². The van der Waals surface area contributed by atoms with Gasteiger partial charge in [-0.15, -0.1) is 0 Å². The predicted octanol–water partition coefficient (Wildman–Crippen LogP) is 3.45. The normalized spacial score (nSPS) is 10.9. The van der Waals surface area contributed by atoms with Crippen molar-refractivity contribution in [2.24, 2.45) is 5.41 Å². The number of ether oxygens (including phenoxy) is 1. The third-order valence-corrected chi connectivity index (χ3v) is 3.21. The van der Waals surface area contributed by atoms with Gasteiger partial charge in [-0.1, -0.05) is 6.07 Å². The van der Waals surface area contributed by atoms with Crippen LogP contribution in [0, 0.1) is 23.7 Å². The SMILES string of the molecule is Cc1ccc(N)cc1C(=O)OCCCCC(C)(C)C#N. The molecule has 0 bridgehead atoms. The molecule has 0 saturated heterocycles. The number of hydrogen-bond donors (Lipinski definition) is 1. The van der Waals surface area contributed by atoms with E-state index in [0.29, 0.717) is 17.9 Å². The second kappa shape index (κ2) is 6.95. The predicted molar refractivity (Wildman–Crippen MR) is 79.1 cm³/mol. The van der Waals surface area contributed by atoms with Crippen LogP contribution in [0.25, 0.3) is 0 Å². The molecule has 0 saturated carbocycles. The lowest BCUT2D eigenvalue weighted by Gasteiger charge is -2.14. The summed E-state index contributed by atoms with van der Waals surface area (Å²) >= 11 is 0. The second-order valence-corrected chi connectivity index (χ2v) is 5.66. The van der Waals surface area contributed by atoms with Gasteiger partial charge in [-0.3, -0.25) is 0 Å². The minimum Gasteiger partial charge on any atom is -0.462 e. The van der Waals surface area contributed by atoms with Crippen molar-refractivity contribution in [3.8, 4) is 6.07 Å². The molecule has 4 heteroatoms. The number of hydrogen-bond acceptors (Lipinski definition) is 4. The summed E-state index contributed by atoms with van der Waals surface area (Å²) < 4.78 is 5.23. The molecule has 1 aromatic rings. The van der Waals surface area contributed by atoms with Crippen LogP contribution < -0.4 is 5.73 Å². The van der Waals surface area contributed by atoms with E-state index in [-0.39, 0.29) is 11.4 Å². The summed E-state index contributed by atoms with van der Waals surface area (Å²) in [5.41, 5.74) is 7.28. The van der Waals surface area contributed by atoms with Gasteiger partial charge in [-0.05, 0) is 57.7 Å². The maximum atomic E-state index is 11.9. The molecule has 0 amide bonds. The molecule has 4 nitrogen and oxygen atoms in total. The quantitative estimate of drug-likeness (QED) is 0.489. The van der Waals surface area contributed by atoms with Crippen LogP contribution in [-0.2, 0) is 4.74 Å². The van der Waals surface area contributed by atoms with Crippen molar-refractivity contribution < 1.29 is 9.53 Å². The lowest BCUT2D eigenvalue weighted by Crippen LogP contribution is -2.11. The molecular weight excluding hydrogens is 252 g/mol. The highest BCUT2D eigenvalue weighted by atomic mass is 16.5. The Hall–Kier alpha value is -2.02. The molecule has 0 aliphatic heterocycles. The van der Waals surface area contributed by atoms with Crippen LogP contribution in [0.4, 0.5) is 5.69 Å². The summed E-state index contributed by atoms with van der Waals surface area (Å²) in [5, 5.41) is 8.90. The molecule has 0 fully saturated rings. The van der Waals surface area contributed by atoms with Gasteiger partial charge in [0, 0.05) is 5.69 Å². The first-order chi connectivity index (χ1) is 9.35. The Morgan fingerprint density at radius 2 is 2.10 bits per heavy atom. The number of anilines is 1. The van der Waals surface area contributed by atoms with Crippen LogP contribution in [0.5, 0.6) is 0 Å². The zero-order valence-electron chi connectivity index (χ0n) is 12.4. The van der Waals surface area contributed by atoms with Crippen molar-refractivity contribution >= 4 is 11.7 Å². The highest BCUT2D eigenvalue weighted by Gasteiger charge is 2.16. The van der Waals surface area contributed by atoms with E-state index in [1.807, 2.05) is 20.8 Å². The molecule has 0 heterocycles. The first-order valence-electron chi connectivity index (χ1n) is 6.80. The number of benzene rings is 1. The summed E-state index contributed by atoms with van der Waals surface area (Å²) in [6.45, 7) is 6.05. The van der Waals surface area contributed by atoms with Crippen LogP contribution in [0.1, 0.15) is 49.0 Å². The van der Waals surface area contributed by atoms with Crippen LogP contribution in [0.15, 0.2) is 18.2 Å². The standard InChI is InChI=1S/C16H22N2O2/c1-12-6-7-13(18)10-14(12)15(19)20-9-5-4-8-16(2,3)11-17/h6-7,10H,4-5,8-9,18H2,1-3H3. The van der Waals surface area contributed by atoms with Crippen molar-refractivity contribution in [2.45, 2.75) is 40.0 Å². The maximum Gasteiger partial charge on any atom is 0.338 e. The molecule has 20 heavy (non-hydrogen) atoms. The van der Waals surface area contributed by atoms with Gasteiger partial charge in [0.15, 0.2) is 0 Å². The first kappa shape index (κ1) is 16.0. The summed E-state index contributed by atoms with van der Waals surface area (Å²) in [4.78, 5) is 11.9. The number of nitrogens with two attached hydrogens (primary N) is 1. The molecule has 0 unspecified atom stereocenters. The number of carbonyl (C=O) groups is 1. The monoisotopic (exact) mass is 274 g/mol. The van der Waals surface area contributed by atoms with Gasteiger partial charge in [0.05, 0.1) is 23.7 Å². The third-order valence-electron chi connectivity index (χ3n) is 3.21. The number of esters is 1. The summed E-state index contributed by atoms with van der Waals surface area (Å²) in [6.07, 6.45) is 2.43. The number of nitrogens with zero attached hydrogens (tertiary/aromatic N) is 1. The average molecular weight is 274 g/mol. The van der Waals surface area contributed by atoms with Crippen molar-refractivity contribution in [3.63, 3.8) is 0 Å². The smallest absolute Gasteiger partial charge is 0.338 e. The molecule has 0 spiro atoms. The fraction of sp³-hybridized carbons (Fsp3) is 0.500. The zero-order valence-corrected chi connectivity index (χ0v) is 12.4. The van der Waals surface area contributed by atoms with E-state index in [9.17, 15) is 4.79 Å². The fourth-order valence-electron chi connectivity index (χ4n) is 1.83. The number of nitrogen functional groups attached to an aromatic ring is 1. The number of nitriles is 1. The Bertz CT molecular complexity index is 516. The van der Waals surface area contributed by atoms with Crippen LogP contribution in [-0.4, -0.2) is 12.6 Å². The summed E-state index contributed by atoms with van der Waals surface area (Å²) in [6, 6.07) is 7.46. The highest BCUT2D eigenvalue weighted by Crippen LogP contribution is 2.21. The van der Waals surface area contributed by atoms with Gasteiger partial charge in [-0.2, -0.15) is 5.26 Å². The molecule has 1 aromatic carbocycles. The highest BCUT2D eigenvalue weighted by molar-refractivity contribution is 5.92. The molecule has 2 N–H and O–H groups in total. The van der Waals surface area contributed by atoms with Crippen LogP contribution >= 0.6 is 0 Å². The molecular formula is C16H22N2O2. The van der Waals surface area contributed by atoms with Crippen molar-refractivity contribution in [3.05, 3.63) is 29.3 Å². The molecule has 0 aromatic heterocycles. The maximum absolute atomic E-state index is 11.9. The molecule has 0 atom stereocenters. The van der Waals surface area contributed by atoms with Gasteiger partial charge in [0.25, 0.3) is 0 Å². The van der Waals surface area contributed by atoms with Gasteiger partial charge >= 0.3 is 5.97 Å². The van der Waals surface area contributed by atoms with Crippen molar-refractivity contribution in [1.82, 2.24) is 0 Å². The van der Waals surface area contributed by atoms with Crippen LogP contribution in [0.2, 0.25) is 0 Å². The second-order valence-electron chi connectivity index (χ2n) is 5.66. The Morgan fingerprint density at radius 1 is 1.40 bits per heavy atom. The van der Waals surface area contributed by atoms with Gasteiger partial charge in [0.1, 0.15) is 0 Å². The Labute approximate surface area is 120 Å².